The van der Waals surface area contributed by atoms with E-state index in [1.165, 1.54) is 12.1 Å². The molecule has 6 heteroatoms. The number of hydrogen-bond acceptors (Lipinski definition) is 3. The standard InChI is InChI=1S/C19H20FN3O2/c20-14-9-7-13(8-10-14)17-6-3-11-23(17)12-18(24)22-16-5-2-1-4-15(16)19(21)25/h1-2,4-5,7-10,17H,3,6,11-12H2,(H2,21,25)(H,22,24). The Kier molecular flexibility index (Phi) is 5.09. The number of anilines is 1. The monoisotopic (exact) mass is 341 g/mol. The second-order valence-electron chi connectivity index (χ2n) is 6.14. The molecule has 3 rings (SSSR count). The lowest BCUT2D eigenvalue weighted by molar-refractivity contribution is -0.117. The summed E-state index contributed by atoms with van der Waals surface area (Å²) in [7, 11) is 0. The van der Waals surface area contributed by atoms with E-state index in [0.717, 1.165) is 24.9 Å². The lowest BCUT2D eigenvalue weighted by Gasteiger charge is -2.24. The molecule has 1 atom stereocenters. The van der Waals surface area contributed by atoms with Crippen LogP contribution in [0.5, 0.6) is 0 Å². The quantitative estimate of drug-likeness (QED) is 0.878. The molecule has 5 nitrogen and oxygen atoms in total. The van der Waals surface area contributed by atoms with E-state index in [1.54, 1.807) is 36.4 Å². The third-order valence-corrected chi connectivity index (χ3v) is 4.43. The average molecular weight is 341 g/mol. The first-order chi connectivity index (χ1) is 12.0. The van der Waals surface area contributed by atoms with Gasteiger partial charge in [0.25, 0.3) is 5.91 Å². The number of primary amides is 1. The minimum atomic E-state index is -0.582. The van der Waals surface area contributed by atoms with Gasteiger partial charge in [0.1, 0.15) is 5.82 Å². The zero-order chi connectivity index (χ0) is 17.8. The smallest absolute Gasteiger partial charge is 0.250 e. The van der Waals surface area contributed by atoms with Crippen molar-refractivity contribution in [3.05, 3.63) is 65.5 Å². The van der Waals surface area contributed by atoms with Crippen LogP contribution in [0.1, 0.15) is 34.8 Å². The van der Waals surface area contributed by atoms with Crippen LogP contribution < -0.4 is 11.1 Å². The maximum Gasteiger partial charge on any atom is 0.250 e. The lowest BCUT2D eigenvalue weighted by Crippen LogP contribution is -2.33. The fourth-order valence-corrected chi connectivity index (χ4v) is 3.26. The van der Waals surface area contributed by atoms with Crippen LogP contribution in [0, 0.1) is 5.82 Å². The molecule has 1 aliphatic rings. The third-order valence-electron chi connectivity index (χ3n) is 4.43. The van der Waals surface area contributed by atoms with E-state index in [4.69, 9.17) is 5.73 Å². The van der Waals surface area contributed by atoms with E-state index in [9.17, 15) is 14.0 Å². The summed E-state index contributed by atoms with van der Waals surface area (Å²) < 4.78 is 13.1. The summed E-state index contributed by atoms with van der Waals surface area (Å²) in [6, 6.07) is 13.2. The van der Waals surface area contributed by atoms with Crippen molar-refractivity contribution in [1.29, 1.82) is 0 Å². The highest BCUT2D eigenvalue weighted by Gasteiger charge is 2.27. The van der Waals surface area contributed by atoms with Crippen LogP contribution in [0.3, 0.4) is 0 Å². The maximum absolute atomic E-state index is 13.1. The van der Waals surface area contributed by atoms with Gasteiger partial charge in [0, 0.05) is 6.04 Å². The molecule has 130 valence electrons. The second-order valence-corrected chi connectivity index (χ2v) is 6.14. The van der Waals surface area contributed by atoms with E-state index in [2.05, 4.69) is 10.2 Å². The van der Waals surface area contributed by atoms with Gasteiger partial charge in [0.05, 0.1) is 17.8 Å². The molecule has 0 saturated carbocycles. The first-order valence-corrected chi connectivity index (χ1v) is 8.23. The molecule has 2 aromatic carbocycles. The molecule has 2 aromatic rings. The van der Waals surface area contributed by atoms with Crippen LogP contribution in [-0.2, 0) is 4.79 Å². The first-order valence-electron chi connectivity index (χ1n) is 8.23. The molecule has 25 heavy (non-hydrogen) atoms. The Morgan fingerprint density at radius 1 is 1.16 bits per heavy atom. The number of para-hydroxylation sites is 1. The molecule has 0 radical (unpaired) electrons. The minimum absolute atomic E-state index is 0.0951. The molecule has 1 saturated heterocycles. The number of rotatable bonds is 5. The second kappa shape index (κ2) is 7.44. The SMILES string of the molecule is NC(=O)c1ccccc1NC(=O)CN1CCCC1c1ccc(F)cc1. The van der Waals surface area contributed by atoms with Crippen LogP contribution in [0.2, 0.25) is 0 Å². The molecule has 2 amide bonds. The lowest BCUT2D eigenvalue weighted by atomic mass is 10.0. The number of carbonyl (C=O) groups excluding carboxylic acids is 2. The van der Waals surface area contributed by atoms with E-state index in [-0.39, 0.29) is 29.9 Å². The highest BCUT2D eigenvalue weighted by Crippen LogP contribution is 2.31. The van der Waals surface area contributed by atoms with Crippen LogP contribution in [0.25, 0.3) is 0 Å². The number of carbonyl (C=O) groups is 2. The molecule has 0 spiro atoms. The number of benzene rings is 2. The fourth-order valence-electron chi connectivity index (χ4n) is 3.26. The Hall–Kier alpha value is -2.73. The summed E-state index contributed by atoms with van der Waals surface area (Å²) >= 11 is 0. The average Bonchev–Trinajstić information content (AvgIpc) is 3.03. The summed E-state index contributed by atoms with van der Waals surface area (Å²) in [5.74, 6) is -1.06. The van der Waals surface area contributed by atoms with Crippen molar-refractivity contribution in [2.75, 3.05) is 18.4 Å². The summed E-state index contributed by atoms with van der Waals surface area (Å²) in [6.45, 7) is 1.00. The topological polar surface area (TPSA) is 75.4 Å². The maximum atomic E-state index is 13.1. The van der Waals surface area contributed by atoms with Gasteiger partial charge in [-0.15, -0.1) is 0 Å². The molecular weight excluding hydrogens is 321 g/mol. The summed E-state index contributed by atoms with van der Waals surface area (Å²) in [6.07, 6.45) is 1.91. The van der Waals surface area contributed by atoms with Crippen LogP contribution >= 0.6 is 0 Å². The zero-order valence-corrected chi connectivity index (χ0v) is 13.7. The number of amides is 2. The molecule has 1 unspecified atom stereocenters. The van der Waals surface area contributed by atoms with Crippen LogP contribution in [-0.4, -0.2) is 29.8 Å². The van der Waals surface area contributed by atoms with Gasteiger partial charge >= 0.3 is 0 Å². The molecule has 1 fully saturated rings. The van der Waals surface area contributed by atoms with Gasteiger partial charge < -0.3 is 11.1 Å². The number of nitrogens with zero attached hydrogens (tertiary/aromatic N) is 1. The Bertz CT molecular complexity index is 776. The van der Waals surface area contributed by atoms with Gasteiger partial charge in [0.2, 0.25) is 5.91 Å². The molecule has 0 aliphatic carbocycles. The summed E-state index contributed by atoms with van der Waals surface area (Å²) in [5.41, 5.74) is 7.04. The van der Waals surface area contributed by atoms with Crippen molar-refractivity contribution in [3.8, 4) is 0 Å². The Balaban J connectivity index is 1.68. The molecule has 0 bridgehead atoms. The van der Waals surface area contributed by atoms with Crippen LogP contribution in [0.15, 0.2) is 48.5 Å². The molecule has 1 aliphatic heterocycles. The molecule has 0 aromatic heterocycles. The highest BCUT2D eigenvalue weighted by molar-refractivity contribution is 6.03. The van der Waals surface area contributed by atoms with Gasteiger partial charge in [-0.3, -0.25) is 14.5 Å². The van der Waals surface area contributed by atoms with E-state index < -0.39 is 5.91 Å². The largest absolute Gasteiger partial charge is 0.366 e. The van der Waals surface area contributed by atoms with Gasteiger partial charge in [-0.1, -0.05) is 24.3 Å². The van der Waals surface area contributed by atoms with Crippen LogP contribution in [0.4, 0.5) is 10.1 Å². The Morgan fingerprint density at radius 3 is 2.60 bits per heavy atom. The number of likely N-dealkylation sites (tertiary alicyclic amines) is 1. The Labute approximate surface area is 145 Å². The predicted octanol–water partition coefficient (Wildman–Crippen LogP) is 2.70. The predicted molar refractivity (Wildman–Crippen MR) is 93.5 cm³/mol. The third kappa shape index (κ3) is 4.03. The number of hydrogen-bond donors (Lipinski definition) is 2. The van der Waals surface area contributed by atoms with Crippen molar-refractivity contribution >= 4 is 17.5 Å². The fraction of sp³-hybridized carbons (Fsp3) is 0.263. The normalized spacial score (nSPS) is 17.4. The number of halogens is 1. The van der Waals surface area contributed by atoms with Gasteiger partial charge in [-0.2, -0.15) is 0 Å². The van der Waals surface area contributed by atoms with E-state index in [1.807, 2.05) is 0 Å². The van der Waals surface area contributed by atoms with Crippen molar-refractivity contribution in [3.63, 3.8) is 0 Å². The van der Waals surface area contributed by atoms with E-state index in [0.29, 0.717) is 5.69 Å². The van der Waals surface area contributed by atoms with Gasteiger partial charge in [0.15, 0.2) is 0 Å². The molecular formula is C19H20FN3O2. The number of nitrogens with two attached hydrogens (primary N) is 1. The van der Waals surface area contributed by atoms with Crippen molar-refractivity contribution in [1.82, 2.24) is 4.90 Å². The van der Waals surface area contributed by atoms with Crippen molar-refractivity contribution < 1.29 is 14.0 Å². The van der Waals surface area contributed by atoms with E-state index >= 15 is 0 Å². The van der Waals surface area contributed by atoms with Gasteiger partial charge in [-0.05, 0) is 49.2 Å². The Morgan fingerprint density at radius 2 is 1.88 bits per heavy atom. The highest BCUT2D eigenvalue weighted by atomic mass is 19.1. The number of nitrogens with one attached hydrogen (secondary N) is 1. The van der Waals surface area contributed by atoms with Crippen molar-refractivity contribution in [2.45, 2.75) is 18.9 Å². The van der Waals surface area contributed by atoms with Crippen molar-refractivity contribution in [2.24, 2.45) is 5.73 Å². The summed E-state index contributed by atoms with van der Waals surface area (Å²) in [4.78, 5) is 25.9. The zero-order valence-electron chi connectivity index (χ0n) is 13.7. The minimum Gasteiger partial charge on any atom is -0.366 e. The summed E-state index contributed by atoms with van der Waals surface area (Å²) in [5, 5.41) is 2.76. The van der Waals surface area contributed by atoms with Gasteiger partial charge in [-0.25, -0.2) is 4.39 Å². The molecule has 1 heterocycles. The first kappa shape index (κ1) is 17.1. The molecule has 3 N–H and O–H groups in total.